The van der Waals surface area contributed by atoms with Crippen LogP contribution in [0.15, 0.2) is 24.3 Å². The standard InChI is InChI=1S/C15H20F3NO/c1-19-9-14(12-3-2-8-20-10-12)11-4-6-13(7-5-11)15(16,17)18/h4-7,12,14,19H,2-3,8-10H2,1H3. The predicted octanol–water partition coefficient (Wildman–Crippen LogP) is 3.44. The van der Waals surface area contributed by atoms with Crippen molar-refractivity contribution < 1.29 is 17.9 Å². The molecule has 1 N–H and O–H groups in total. The Bertz CT molecular complexity index is 410. The van der Waals surface area contributed by atoms with Crippen LogP contribution >= 0.6 is 0 Å². The van der Waals surface area contributed by atoms with E-state index in [-0.39, 0.29) is 5.92 Å². The molecule has 1 aromatic carbocycles. The number of ether oxygens (including phenoxy) is 1. The zero-order valence-electron chi connectivity index (χ0n) is 11.5. The van der Waals surface area contributed by atoms with E-state index in [4.69, 9.17) is 4.74 Å². The van der Waals surface area contributed by atoms with Crippen LogP contribution in [0.1, 0.15) is 29.9 Å². The SMILES string of the molecule is CNCC(c1ccc(C(F)(F)F)cc1)C1CCCOC1. The fourth-order valence-corrected chi connectivity index (χ4v) is 2.78. The third-order valence-corrected chi connectivity index (χ3v) is 3.85. The number of hydrogen-bond acceptors (Lipinski definition) is 2. The van der Waals surface area contributed by atoms with Gasteiger partial charge in [-0.3, -0.25) is 0 Å². The van der Waals surface area contributed by atoms with Gasteiger partial charge in [-0.25, -0.2) is 0 Å². The Labute approximate surface area is 117 Å². The van der Waals surface area contributed by atoms with Crippen LogP contribution in [-0.2, 0) is 10.9 Å². The minimum atomic E-state index is -4.27. The van der Waals surface area contributed by atoms with Crippen LogP contribution in [0.5, 0.6) is 0 Å². The summed E-state index contributed by atoms with van der Waals surface area (Å²) in [6, 6.07) is 5.53. The minimum absolute atomic E-state index is 0.197. The van der Waals surface area contributed by atoms with Gasteiger partial charge in [-0.05, 0) is 43.5 Å². The second-order valence-corrected chi connectivity index (χ2v) is 5.26. The summed E-state index contributed by atoms with van der Waals surface area (Å²) in [7, 11) is 1.86. The average Bonchev–Trinajstić information content (AvgIpc) is 2.45. The molecule has 5 heteroatoms. The number of nitrogens with one attached hydrogen (secondary N) is 1. The molecule has 2 nitrogen and oxygen atoms in total. The molecule has 2 rings (SSSR count). The van der Waals surface area contributed by atoms with Gasteiger partial charge < -0.3 is 10.1 Å². The van der Waals surface area contributed by atoms with Gasteiger partial charge in [0.2, 0.25) is 0 Å². The highest BCUT2D eigenvalue weighted by Gasteiger charge is 2.31. The van der Waals surface area contributed by atoms with Gasteiger partial charge in [-0.1, -0.05) is 12.1 Å². The molecule has 112 valence electrons. The van der Waals surface area contributed by atoms with Gasteiger partial charge >= 0.3 is 6.18 Å². The molecular weight excluding hydrogens is 267 g/mol. The van der Waals surface area contributed by atoms with Crippen molar-refractivity contribution in [3.05, 3.63) is 35.4 Å². The molecule has 0 aromatic heterocycles. The molecule has 1 aliphatic heterocycles. The molecule has 1 aromatic rings. The van der Waals surface area contributed by atoms with E-state index in [1.165, 1.54) is 12.1 Å². The van der Waals surface area contributed by atoms with Crippen molar-refractivity contribution in [2.24, 2.45) is 5.92 Å². The molecular formula is C15H20F3NO. The Morgan fingerprint density at radius 1 is 1.30 bits per heavy atom. The molecule has 1 heterocycles. The Hall–Kier alpha value is -1.07. The van der Waals surface area contributed by atoms with Crippen molar-refractivity contribution in [3.8, 4) is 0 Å². The number of benzene rings is 1. The van der Waals surface area contributed by atoms with Gasteiger partial charge in [0.05, 0.1) is 12.2 Å². The van der Waals surface area contributed by atoms with Gasteiger partial charge in [-0.2, -0.15) is 13.2 Å². The maximum atomic E-state index is 12.6. The van der Waals surface area contributed by atoms with Crippen molar-refractivity contribution in [2.45, 2.75) is 24.9 Å². The monoisotopic (exact) mass is 287 g/mol. The number of halogens is 3. The Balaban J connectivity index is 2.16. The van der Waals surface area contributed by atoms with Gasteiger partial charge in [-0.15, -0.1) is 0 Å². The lowest BCUT2D eigenvalue weighted by atomic mass is 9.82. The van der Waals surface area contributed by atoms with Gasteiger partial charge in [0.25, 0.3) is 0 Å². The van der Waals surface area contributed by atoms with E-state index in [2.05, 4.69) is 5.32 Å². The van der Waals surface area contributed by atoms with Gasteiger partial charge in [0.15, 0.2) is 0 Å². The van der Waals surface area contributed by atoms with E-state index >= 15 is 0 Å². The lowest BCUT2D eigenvalue weighted by molar-refractivity contribution is -0.137. The van der Waals surface area contributed by atoms with Crippen molar-refractivity contribution in [1.29, 1.82) is 0 Å². The summed E-state index contributed by atoms with van der Waals surface area (Å²) in [6.07, 6.45) is -2.19. The molecule has 2 atom stereocenters. The van der Waals surface area contributed by atoms with Crippen LogP contribution in [0.25, 0.3) is 0 Å². The molecule has 0 aliphatic carbocycles. The van der Waals surface area contributed by atoms with E-state index in [1.54, 1.807) is 12.1 Å². The first kappa shape index (κ1) is 15.3. The lowest BCUT2D eigenvalue weighted by Gasteiger charge is -2.30. The van der Waals surface area contributed by atoms with E-state index in [0.29, 0.717) is 12.5 Å². The van der Waals surface area contributed by atoms with Crippen molar-refractivity contribution in [2.75, 3.05) is 26.8 Å². The summed E-state index contributed by atoms with van der Waals surface area (Å²) in [5.74, 6) is 0.565. The quantitative estimate of drug-likeness (QED) is 0.916. The van der Waals surface area contributed by atoms with Crippen LogP contribution in [0.2, 0.25) is 0 Å². The fourth-order valence-electron chi connectivity index (χ4n) is 2.78. The molecule has 1 saturated heterocycles. The molecule has 20 heavy (non-hydrogen) atoms. The maximum absolute atomic E-state index is 12.6. The first-order valence-electron chi connectivity index (χ1n) is 6.92. The van der Waals surface area contributed by atoms with Crippen LogP contribution in [0, 0.1) is 5.92 Å². The molecule has 1 aliphatic rings. The van der Waals surface area contributed by atoms with Crippen LogP contribution in [-0.4, -0.2) is 26.8 Å². The second kappa shape index (κ2) is 6.59. The topological polar surface area (TPSA) is 21.3 Å². The summed E-state index contributed by atoms with van der Waals surface area (Å²) in [5, 5.41) is 3.13. The number of likely N-dealkylation sites (N-methyl/N-ethyl adjacent to an activating group) is 1. The van der Waals surface area contributed by atoms with Crippen molar-refractivity contribution in [3.63, 3.8) is 0 Å². The van der Waals surface area contributed by atoms with Gasteiger partial charge in [0, 0.05) is 19.1 Å². The summed E-state index contributed by atoms with van der Waals surface area (Å²) < 4.78 is 43.3. The second-order valence-electron chi connectivity index (χ2n) is 5.26. The van der Waals surface area contributed by atoms with Gasteiger partial charge in [0.1, 0.15) is 0 Å². The maximum Gasteiger partial charge on any atom is 0.416 e. The highest BCUT2D eigenvalue weighted by Crippen LogP contribution is 2.33. The van der Waals surface area contributed by atoms with Crippen LogP contribution < -0.4 is 5.32 Å². The molecule has 1 fully saturated rings. The van der Waals surface area contributed by atoms with Crippen LogP contribution in [0.4, 0.5) is 13.2 Å². The molecule has 0 spiro atoms. The van der Waals surface area contributed by atoms with E-state index in [0.717, 1.165) is 31.6 Å². The molecule has 0 radical (unpaired) electrons. The Kier molecular flexibility index (Phi) is 5.05. The highest BCUT2D eigenvalue weighted by molar-refractivity contribution is 5.28. The molecule has 2 unspecified atom stereocenters. The lowest BCUT2D eigenvalue weighted by Crippen LogP contribution is -2.30. The largest absolute Gasteiger partial charge is 0.416 e. The zero-order chi connectivity index (χ0) is 14.6. The van der Waals surface area contributed by atoms with Crippen LogP contribution in [0.3, 0.4) is 0 Å². The predicted molar refractivity (Wildman–Crippen MR) is 71.7 cm³/mol. The molecule has 0 saturated carbocycles. The summed E-state index contributed by atoms with van der Waals surface area (Å²) in [6.45, 7) is 2.22. The summed E-state index contributed by atoms with van der Waals surface area (Å²) in [4.78, 5) is 0. The first-order valence-corrected chi connectivity index (χ1v) is 6.92. The molecule has 0 bridgehead atoms. The van der Waals surface area contributed by atoms with E-state index in [9.17, 15) is 13.2 Å². The normalized spacial score (nSPS) is 21.7. The van der Waals surface area contributed by atoms with E-state index in [1.807, 2.05) is 7.05 Å². The summed E-state index contributed by atoms with van der Waals surface area (Å²) in [5.41, 5.74) is 0.354. The number of alkyl halides is 3. The Morgan fingerprint density at radius 3 is 2.50 bits per heavy atom. The zero-order valence-corrected chi connectivity index (χ0v) is 11.5. The Morgan fingerprint density at radius 2 is 2.00 bits per heavy atom. The number of hydrogen-bond donors (Lipinski definition) is 1. The van der Waals surface area contributed by atoms with Crippen molar-refractivity contribution >= 4 is 0 Å². The smallest absolute Gasteiger partial charge is 0.381 e. The average molecular weight is 287 g/mol. The number of rotatable bonds is 4. The van der Waals surface area contributed by atoms with E-state index < -0.39 is 11.7 Å². The third-order valence-electron chi connectivity index (χ3n) is 3.85. The first-order chi connectivity index (χ1) is 9.52. The third kappa shape index (κ3) is 3.73. The minimum Gasteiger partial charge on any atom is -0.381 e. The highest BCUT2D eigenvalue weighted by atomic mass is 19.4. The van der Waals surface area contributed by atoms with Crippen molar-refractivity contribution in [1.82, 2.24) is 5.32 Å². The summed E-state index contributed by atoms with van der Waals surface area (Å²) >= 11 is 0. The fraction of sp³-hybridized carbons (Fsp3) is 0.600. The molecule has 0 amide bonds.